The first-order chi connectivity index (χ1) is 1.73. The summed E-state index contributed by atoms with van der Waals surface area (Å²) in [4.78, 5) is 9.00. The minimum absolute atomic E-state index is 0. The zero-order chi connectivity index (χ0) is 3.58. The Bertz CT molecular complexity index is 34.5. The van der Waals surface area contributed by atoms with Crippen molar-refractivity contribution in [2.45, 2.75) is 7.43 Å². The molecule has 0 radical (unpaired) electrons. The second kappa shape index (κ2) is 8.84. The Morgan fingerprint density at radius 3 is 1.33 bits per heavy atom. The minimum atomic E-state index is -0.833. The fourth-order valence-corrected chi connectivity index (χ4v) is 0. The summed E-state index contributed by atoms with van der Waals surface area (Å²) in [6, 6.07) is -0.833. The number of rotatable bonds is 0. The molecule has 40 valence electrons. The topological polar surface area (TPSA) is 69.1 Å². The van der Waals surface area contributed by atoms with Crippen LogP contribution in [0.2, 0.25) is 0 Å². The zero-order valence-corrected chi connectivity index (χ0v) is 3.52. The van der Waals surface area contributed by atoms with Crippen LogP contribution in [0.1, 0.15) is 7.43 Å². The largest absolute Gasteiger partial charge is 0.352 e. The number of hydrogen-bond donors (Lipinski definition) is 2. The summed E-state index contributed by atoms with van der Waals surface area (Å²) in [5.41, 5.74) is 8.50. The number of primary amides is 2. The molecular weight excluding hydrogens is 124 g/mol. The fraction of sp³-hybridized carbons (Fsp3) is 0.500. The summed E-state index contributed by atoms with van der Waals surface area (Å²) in [6.45, 7) is 0. The molecule has 0 saturated heterocycles. The van der Waals surface area contributed by atoms with E-state index in [1.165, 1.54) is 0 Å². The summed E-state index contributed by atoms with van der Waals surface area (Å²) in [7, 11) is 0. The molecule has 4 N–H and O–H groups in total. The molecule has 0 aliphatic heterocycles. The number of nitrogens with two attached hydrogens (primary N) is 2. The number of amides is 2. The maximum Gasteiger partial charge on any atom is 0.309 e. The Kier molecular flexibility index (Phi) is 25.1. The van der Waals surface area contributed by atoms with Gasteiger partial charge in [-0.15, -0.1) is 0 Å². The standard InChI is InChI=1S/CH4N2O.CH4.Fe/c2-1(3)4;;/h(H4,2,3,4);1H4;. The van der Waals surface area contributed by atoms with Gasteiger partial charge in [0.2, 0.25) is 0 Å². The van der Waals surface area contributed by atoms with E-state index in [1.54, 1.807) is 0 Å². The van der Waals surface area contributed by atoms with Crippen molar-refractivity contribution < 1.29 is 21.9 Å². The van der Waals surface area contributed by atoms with Gasteiger partial charge in [0, 0.05) is 17.1 Å². The Morgan fingerprint density at radius 1 is 1.33 bits per heavy atom. The fourth-order valence-electron chi connectivity index (χ4n) is 0. The summed E-state index contributed by atoms with van der Waals surface area (Å²) < 4.78 is 0. The molecule has 3 nitrogen and oxygen atoms in total. The molecular formula is C2H8FeN2O. The first-order valence-corrected chi connectivity index (χ1v) is 0.781. The Hall–Kier alpha value is -0.211. The normalized spacial score (nSPS) is 4.00. The molecule has 0 aliphatic carbocycles. The molecule has 6 heavy (non-hydrogen) atoms. The third-order valence-corrected chi connectivity index (χ3v) is 0. The molecule has 0 heterocycles. The van der Waals surface area contributed by atoms with Gasteiger partial charge in [0.1, 0.15) is 0 Å². The van der Waals surface area contributed by atoms with Gasteiger partial charge in [0.05, 0.1) is 0 Å². The smallest absolute Gasteiger partial charge is 0.309 e. The second-order valence-corrected chi connectivity index (χ2v) is 0.402. The van der Waals surface area contributed by atoms with Gasteiger partial charge in [0.25, 0.3) is 0 Å². The van der Waals surface area contributed by atoms with E-state index >= 15 is 0 Å². The maximum atomic E-state index is 9.00. The zero-order valence-electron chi connectivity index (χ0n) is 2.42. The first kappa shape index (κ1) is 17.1. The first-order valence-electron chi connectivity index (χ1n) is 0.781. The Morgan fingerprint density at radius 2 is 1.33 bits per heavy atom. The molecule has 0 spiro atoms. The average molecular weight is 132 g/mol. The summed E-state index contributed by atoms with van der Waals surface area (Å²) >= 11 is 0. The van der Waals surface area contributed by atoms with Gasteiger partial charge < -0.3 is 11.5 Å². The molecule has 0 fully saturated rings. The van der Waals surface area contributed by atoms with E-state index in [0.717, 1.165) is 0 Å². The van der Waals surface area contributed by atoms with Crippen LogP contribution in [0.3, 0.4) is 0 Å². The van der Waals surface area contributed by atoms with Crippen molar-refractivity contribution in [3.63, 3.8) is 0 Å². The predicted molar refractivity (Wildman–Crippen MR) is 20.5 cm³/mol. The van der Waals surface area contributed by atoms with Crippen LogP contribution in [0.5, 0.6) is 0 Å². The summed E-state index contributed by atoms with van der Waals surface area (Å²) in [6.07, 6.45) is 0. The van der Waals surface area contributed by atoms with Crippen LogP contribution in [-0.2, 0) is 17.1 Å². The van der Waals surface area contributed by atoms with Gasteiger partial charge in [-0.2, -0.15) is 0 Å². The van der Waals surface area contributed by atoms with Crippen molar-refractivity contribution in [3.05, 3.63) is 0 Å². The van der Waals surface area contributed by atoms with Crippen molar-refractivity contribution >= 4 is 6.03 Å². The van der Waals surface area contributed by atoms with Gasteiger partial charge >= 0.3 is 6.03 Å². The van der Waals surface area contributed by atoms with Crippen LogP contribution in [0.15, 0.2) is 0 Å². The average Bonchev–Trinajstić information content (AvgIpc) is 0.811. The van der Waals surface area contributed by atoms with E-state index in [-0.39, 0.29) is 24.5 Å². The molecule has 0 atom stereocenters. The van der Waals surface area contributed by atoms with Crippen LogP contribution < -0.4 is 11.5 Å². The molecule has 2 amide bonds. The van der Waals surface area contributed by atoms with Crippen LogP contribution in [0.25, 0.3) is 0 Å². The van der Waals surface area contributed by atoms with E-state index in [9.17, 15) is 0 Å². The van der Waals surface area contributed by atoms with Gasteiger partial charge in [0.15, 0.2) is 0 Å². The third kappa shape index (κ3) is 665. The van der Waals surface area contributed by atoms with E-state index < -0.39 is 6.03 Å². The van der Waals surface area contributed by atoms with Crippen molar-refractivity contribution in [2.75, 3.05) is 0 Å². The van der Waals surface area contributed by atoms with Crippen molar-refractivity contribution in [1.82, 2.24) is 0 Å². The molecule has 0 aromatic rings. The van der Waals surface area contributed by atoms with Crippen molar-refractivity contribution in [2.24, 2.45) is 11.5 Å². The van der Waals surface area contributed by atoms with Gasteiger partial charge in [-0.1, -0.05) is 7.43 Å². The van der Waals surface area contributed by atoms with E-state index in [0.29, 0.717) is 0 Å². The Labute approximate surface area is 47.5 Å². The molecule has 0 aromatic carbocycles. The second-order valence-electron chi connectivity index (χ2n) is 0.402. The van der Waals surface area contributed by atoms with Gasteiger partial charge in [-0.25, -0.2) is 4.79 Å². The SMILES string of the molecule is C.NC(N)=O.[Fe]. The van der Waals surface area contributed by atoms with Gasteiger partial charge in [-0.3, -0.25) is 0 Å². The number of carbonyl (C=O) groups is 1. The minimum Gasteiger partial charge on any atom is -0.352 e. The molecule has 0 unspecified atom stereocenters. The molecule has 0 bridgehead atoms. The molecule has 4 heteroatoms. The maximum absolute atomic E-state index is 9.00. The molecule has 0 aliphatic rings. The van der Waals surface area contributed by atoms with Crippen LogP contribution in [0.4, 0.5) is 4.79 Å². The summed E-state index contributed by atoms with van der Waals surface area (Å²) in [5.74, 6) is 0. The number of carbonyl (C=O) groups excluding carboxylic acids is 1. The van der Waals surface area contributed by atoms with Gasteiger partial charge in [-0.05, 0) is 0 Å². The van der Waals surface area contributed by atoms with Crippen LogP contribution in [0, 0.1) is 0 Å². The van der Waals surface area contributed by atoms with E-state index in [2.05, 4.69) is 11.5 Å². The predicted octanol–water partition coefficient (Wildman–Crippen LogP) is -0.343. The third-order valence-electron chi connectivity index (χ3n) is 0. The van der Waals surface area contributed by atoms with Crippen molar-refractivity contribution in [1.29, 1.82) is 0 Å². The number of urea groups is 1. The monoisotopic (exact) mass is 132 g/mol. The molecule has 0 aromatic heterocycles. The Balaban J connectivity index is -0.0000000450. The van der Waals surface area contributed by atoms with E-state index in [4.69, 9.17) is 4.79 Å². The van der Waals surface area contributed by atoms with E-state index in [1.807, 2.05) is 0 Å². The van der Waals surface area contributed by atoms with Crippen molar-refractivity contribution in [3.8, 4) is 0 Å². The molecule has 0 saturated carbocycles. The van der Waals surface area contributed by atoms with Crippen LogP contribution >= 0.6 is 0 Å². The quantitative estimate of drug-likeness (QED) is 0.434. The molecule has 0 rings (SSSR count). The summed E-state index contributed by atoms with van der Waals surface area (Å²) in [5, 5.41) is 0. The number of hydrogen-bond acceptors (Lipinski definition) is 1. The van der Waals surface area contributed by atoms with Crippen LogP contribution in [-0.4, -0.2) is 6.03 Å².